The molecule has 1 aromatic rings. The summed E-state index contributed by atoms with van der Waals surface area (Å²) in [4.78, 5) is 0. The van der Waals surface area contributed by atoms with Crippen LogP contribution in [0.4, 0.5) is 0 Å². The van der Waals surface area contributed by atoms with Crippen molar-refractivity contribution in [3.8, 4) is 5.75 Å². The Hall–Kier alpha value is 0.400. The average Bonchev–Trinajstić information content (AvgIpc) is 2.12. The van der Waals surface area contributed by atoms with Crippen molar-refractivity contribution in [1.29, 1.82) is 0 Å². The van der Waals surface area contributed by atoms with Gasteiger partial charge in [-0.3, -0.25) is 0 Å². The van der Waals surface area contributed by atoms with Crippen LogP contribution in [-0.2, 0) is 0 Å². The molecule has 0 bridgehead atoms. The minimum atomic E-state index is -0.373. The lowest BCUT2D eigenvalue weighted by molar-refractivity contribution is 0.268. The van der Waals surface area contributed by atoms with E-state index in [1.807, 2.05) is 45.2 Å². The minimum Gasteiger partial charge on any atom is -0.506 e. The molecule has 0 radical (unpaired) electrons. The Labute approximate surface area is 104 Å². The maximum Gasteiger partial charge on any atom is 0.142 e. The smallest absolute Gasteiger partial charge is 0.142 e. The molecule has 1 rings (SSSR count). The second-order valence-electron chi connectivity index (χ2n) is 2.62. The molecule has 0 amide bonds. The summed E-state index contributed by atoms with van der Waals surface area (Å²) < 4.78 is 1.51. The molecule has 0 aliphatic carbocycles. The summed E-state index contributed by atoms with van der Waals surface area (Å²) in [7, 11) is 0. The van der Waals surface area contributed by atoms with Gasteiger partial charge >= 0.3 is 0 Å². The summed E-state index contributed by atoms with van der Waals surface area (Å²) in [5, 5.41) is 18.3. The molecular weight excluding hydrogens is 396 g/mol. The van der Waals surface area contributed by atoms with Gasteiger partial charge in [0.1, 0.15) is 5.75 Å². The zero-order valence-corrected chi connectivity index (χ0v) is 11.0. The minimum absolute atomic E-state index is 0.0864. The van der Waals surface area contributed by atoms with Crippen LogP contribution < -0.4 is 5.73 Å². The van der Waals surface area contributed by atoms with Gasteiger partial charge in [0, 0.05) is 0 Å². The normalized spacial score (nSPS) is 12.9. The third-order valence-corrected chi connectivity index (χ3v) is 3.31. The van der Waals surface area contributed by atoms with Crippen LogP contribution in [0.2, 0.25) is 0 Å². The lowest BCUT2D eigenvalue weighted by Crippen LogP contribution is -2.14. The largest absolute Gasteiger partial charge is 0.506 e. The van der Waals surface area contributed by atoms with Gasteiger partial charge in [-0.25, -0.2) is 0 Å². The molecule has 72 valence electrons. The van der Waals surface area contributed by atoms with E-state index < -0.39 is 0 Å². The Kier molecular flexibility index (Phi) is 4.20. The van der Waals surface area contributed by atoms with Gasteiger partial charge < -0.3 is 15.9 Å². The Morgan fingerprint density at radius 1 is 1.31 bits per heavy atom. The summed E-state index contributed by atoms with van der Waals surface area (Å²) in [6.07, 6.45) is 0. The molecule has 0 spiro atoms. The molecule has 0 saturated carbocycles. The zero-order chi connectivity index (χ0) is 10.0. The van der Waals surface area contributed by atoms with Gasteiger partial charge in [0.05, 0.1) is 19.8 Å². The summed E-state index contributed by atoms with van der Waals surface area (Å²) >= 11 is 4.07. The van der Waals surface area contributed by atoms with Gasteiger partial charge in [-0.2, -0.15) is 0 Å². The molecule has 1 atom stereocenters. The van der Waals surface area contributed by atoms with Crippen molar-refractivity contribution in [3.63, 3.8) is 0 Å². The molecule has 0 aliphatic rings. The fraction of sp³-hybridized carbons (Fsp3) is 0.250. The third kappa shape index (κ3) is 2.67. The number of hydrogen-bond donors (Lipinski definition) is 3. The molecule has 1 aromatic carbocycles. The SMILES string of the molecule is N[C@@H](CO)c1cc(I)c(O)c(I)c1. The van der Waals surface area contributed by atoms with E-state index in [0.717, 1.165) is 12.7 Å². The molecule has 0 aliphatic heterocycles. The standard InChI is InChI=1S/C8H9I2NO2/c9-5-1-4(7(11)3-12)2-6(10)8(5)13/h1-2,7,12-13H,3,11H2/t7-/m0/s1. The van der Waals surface area contributed by atoms with Crippen LogP contribution >= 0.6 is 45.2 Å². The predicted octanol–water partition coefficient (Wildman–Crippen LogP) is 1.59. The first-order chi connectivity index (χ1) is 6.06. The van der Waals surface area contributed by atoms with E-state index in [1.54, 1.807) is 12.1 Å². The highest BCUT2D eigenvalue weighted by molar-refractivity contribution is 14.1. The monoisotopic (exact) mass is 405 g/mol. The van der Waals surface area contributed by atoms with E-state index in [-0.39, 0.29) is 18.4 Å². The summed E-state index contributed by atoms with van der Waals surface area (Å²) in [5.74, 6) is 0.273. The molecule has 0 aromatic heterocycles. The zero-order valence-electron chi connectivity index (χ0n) is 6.67. The fourth-order valence-electron chi connectivity index (χ4n) is 0.905. The van der Waals surface area contributed by atoms with Crippen molar-refractivity contribution in [3.05, 3.63) is 24.8 Å². The van der Waals surface area contributed by atoms with Gasteiger partial charge in [-0.05, 0) is 62.9 Å². The number of rotatable bonds is 2. The second kappa shape index (κ2) is 4.76. The van der Waals surface area contributed by atoms with Crippen molar-refractivity contribution in [2.75, 3.05) is 6.61 Å². The van der Waals surface area contributed by atoms with Gasteiger partial charge in [0.2, 0.25) is 0 Å². The molecule has 5 heteroatoms. The molecule has 4 N–H and O–H groups in total. The Morgan fingerprint density at radius 3 is 2.15 bits per heavy atom. The van der Waals surface area contributed by atoms with Crippen molar-refractivity contribution in [2.45, 2.75) is 6.04 Å². The van der Waals surface area contributed by atoms with Gasteiger partial charge in [0.25, 0.3) is 0 Å². The van der Waals surface area contributed by atoms with Crippen LogP contribution in [-0.4, -0.2) is 16.8 Å². The summed E-state index contributed by atoms with van der Waals surface area (Å²) in [5.41, 5.74) is 6.49. The van der Waals surface area contributed by atoms with Crippen LogP contribution in [0.1, 0.15) is 11.6 Å². The second-order valence-corrected chi connectivity index (χ2v) is 4.95. The fourth-order valence-corrected chi connectivity index (χ4v) is 2.72. The number of aliphatic hydroxyl groups is 1. The molecule has 3 nitrogen and oxygen atoms in total. The van der Waals surface area contributed by atoms with Crippen LogP contribution in [0.15, 0.2) is 12.1 Å². The number of aromatic hydroxyl groups is 1. The van der Waals surface area contributed by atoms with Crippen LogP contribution in [0.25, 0.3) is 0 Å². The van der Waals surface area contributed by atoms with Gasteiger partial charge in [-0.15, -0.1) is 0 Å². The lowest BCUT2D eigenvalue weighted by Gasteiger charge is -2.10. The van der Waals surface area contributed by atoms with Gasteiger partial charge in [-0.1, -0.05) is 0 Å². The Bertz CT molecular complexity index is 294. The van der Waals surface area contributed by atoms with E-state index in [1.165, 1.54) is 0 Å². The third-order valence-electron chi connectivity index (χ3n) is 1.66. The maximum absolute atomic E-state index is 9.47. The Morgan fingerprint density at radius 2 is 1.77 bits per heavy atom. The highest BCUT2D eigenvalue weighted by Gasteiger charge is 2.10. The van der Waals surface area contributed by atoms with E-state index >= 15 is 0 Å². The number of halogens is 2. The number of benzene rings is 1. The first-order valence-corrected chi connectivity index (χ1v) is 5.76. The van der Waals surface area contributed by atoms with Crippen LogP contribution in [0.3, 0.4) is 0 Å². The number of nitrogens with two attached hydrogens (primary N) is 1. The number of phenolic OH excluding ortho intramolecular Hbond substituents is 1. The molecular formula is C8H9I2NO2. The van der Waals surface area contributed by atoms with Crippen LogP contribution in [0, 0.1) is 7.14 Å². The highest BCUT2D eigenvalue weighted by atomic mass is 127. The molecule has 0 heterocycles. The quantitative estimate of drug-likeness (QED) is 0.656. The molecule has 0 saturated heterocycles. The summed E-state index contributed by atoms with van der Waals surface area (Å²) in [6, 6.07) is 3.18. The average molecular weight is 405 g/mol. The first kappa shape index (κ1) is 11.5. The van der Waals surface area contributed by atoms with E-state index in [4.69, 9.17) is 10.8 Å². The number of hydrogen-bond acceptors (Lipinski definition) is 3. The number of phenols is 1. The van der Waals surface area contributed by atoms with Crippen molar-refractivity contribution in [2.24, 2.45) is 5.73 Å². The van der Waals surface area contributed by atoms with E-state index in [0.29, 0.717) is 0 Å². The molecule has 0 unspecified atom stereocenters. The van der Waals surface area contributed by atoms with Crippen molar-refractivity contribution in [1.82, 2.24) is 0 Å². The topological polar surface area (TPSA) is 66.5 Å². The van der Waals surface area contributed by atoms with E-state index in [9.17, 15) is 5.11 Å². The van der Waals surface area contributed by atoms with Crippen LogP contribution in [0.5, 0.6) is 5.75 Å². The predicted molar refractivity (Wildman–Crippen MR) is 67.6 cm³/mol. The summed E-state index contributed by atoms with van der Waals surface area (Å²) in [6.45, 7) is -0.0864. The number of aliphatic hydroxyl groups excluding tert-OH is 1. The Balaban J connectivity index is 3.13. The molecule has 0 fully saturated rings. The highest BCUT2D eigenvalue weighted by Crippen LogP contribution is 2.28. The van der Waals surface area contributed by atoms with Crippen molar-refractivity contribution >= 4 is 45.2 Å². The lowest BCUT2D eigenvalue weighted by atomic mass is 10.1. The van der Waals surface area contributed by atoms with Gasteiger partial charge in [0.15, 0.2) is 0 Å². The van der Waals surface area contributed by atoms with Crippen molar-refractivity contribution < 1.29 is 10.2 Å². The molecule has 13 heavy (non-hydrogen) atoms. The van der Waals surface area contributed by atoms with E-state index in [2.05, 4.69) is 0 Å². The first-order valence-electron chi connectivity index (χ1n) is 3.60. The maximum atomic E-state index is 9.47.